The van der Waals surface area contributed by atoms with E-state index in [1.807, 2.05) is 6.07 Å². The Morgan fingerprint density at radius 2 is 1.73 bits per heavy atom. The maximum absolute atomic E-state index is 12.5. The van der Waals surface area contributed by atoms with Crippen LogP contribution in [-0.4, -0.2) is 60.2 Å². The van der Waals surface area contributed by atoms with Gasteiger partial charge in [-0.15, -0.1) is 10.2 Å². The third-order valence-electron chi connectivity index (χ3n) is 5.37. The number of rotatable bonds is 9. The Kier molecular flexibility index (Phi) is 7.21. The highest BCUT2D eigenvalue weighted by molar-refractivity contribution is 7.92. The van der Waals surface area contributed by atoms with Crippen molar-refractivity contribution in [3.63, 3.8) is 0 Å². The van der Waals surface area contributed by atoms with Gasteiger partial charge in [0.25, 0.3) is 0 Å². The van der Waals surface area contributed by atoms with Crippen molar-refractivity contribution < 1.29 is 22.6 Å². The molecule has 0 radical (unpaired) electrons. The van der Waals surface area contributed by atoms with Gasteiger partial charge in [0.15, 0.2) is 5.82 Å². The summed E-state index contributed by atoms with van der Waals surface area (Å²) in [5, 5.41) is 17.6. The van der Waals surface area contributed by atoms with Crippen LogP contribution >= 0.6 is 0 Å². The Morgan fingerprint density at radius 1 is 1.00 bits per heavy atom. The number of anilines is 1. The highest BCUT2D eigenvalue weighted by Crippen LogP contribution is 2.39. The molecule has 12 nitrogen and oxygen atoms in total. The summed E-state index contributed by atoms with van der Waals surface area (Å²) in [5.41, 5.74) is 2.08. The van der Waals surface area contributed by atoms with E-state index in [0.717, 1.165) is 0 Å². The lowest BCUT2D eigenvalue weighted by Gasteiger charge is -2.18. The first kappa shape index (κ1) is 25.4. The van der Waals surface area contributed by atoms with E-state index >= 15 is 0 Å². The molecule has 0 bridgehead atoms. The minimum Gasteiger partial charge on any atom is -0.494 e. The van der Waals surface area contributed by atoms with Crippen LogP contribution in [0.15, 0.2) is 48.7 Å². The summed E-state index contributed by atoms with van der Waals surface area (Å²) in [6.07, 6.45) is 1.44. The molecule has 0 saturated heterocycles. The number of aromatic nitrogens is 5. The zero-order chi connectivity index (χ0) is 26.6. The van der Waals surface area contributed by atoms with Crippen molar-refractivity contribution in [2.24, 2.45) is 0 Å². The highest BCUT2D eigenvalue weighted by Gasteiger charge is 2.27. The lowest BCUT2D eigenvalue weighted by molar-refractivity contribution is 0.391. The van der Waals surface area contributed by atoms with Crippen LogP contribution in [-0.2, 0) is 10.0 Å². The molecular weight excluding hydrogens is 498 g/mol. The maximum atomic E-state index is 12.5. The molecule has 13 heteroatoms. The van der Waals surface area contributed by atoms with Gasteiger partial charge in [0, 0.05) is 17.8 Å². The number of sulfonamides is 1. The minimum absolute atomic E-state index is 0.0944. The standard InChI is InChI=1S/C24H23N7O5S/c1-5-37(32,33)30-24-29-28-23(31(24)22-18(34-2)7-6-8-19(22)35-3)21-16(10-12-20(27-21)36-4)17-11-9-15(13-25)14-26-17/h6-12,14H,5H2,1-4H3,(H,29,30). The van der Waals surface area contributed by atoms with E-state index in [4.69, 9.17) is 19.5 Å². The van der Waals surface area contributed by atoms with Crippen molar-refractivity contribution in [1.29, 1.82) is 5.26 Å². The van der Waals surface area contributed by atoms with Crippen molar-refractivity contribution in [2.75, 3.05) is 31.8 Å². The van der Waals surface area contributed by atoms with Crippen molar-refractivity contribution >= 4 is 16.0 Å². The van der Waals surface area contributed by atoms with E-state index in [1.165, 1.54) is 39.0 Å². The number of nitrogens with zero attached hydrogens (tertiary/aromatic N) is 6. The average Bonchev–Trinajstić information content (AvgIpc) is 3.34. The minimum atomic E-state index is -3.74. The van der Waals surface area contributed by atoms with Crippen LogP contribution in [0.4, 0.5) is 5.95 Å². The maximum Gasteiger partial charge on any atom is 0.243 e. The van der Waals surface area contributed by atoms with Gasteiger partial charge in [-0.05, 0) is 37.3 Å². The number of ether oxygens (including phenoxy) is 3. The number of para-hydroxylation sites is 1. The second-order valence-electron chi connectivity index (χ2n) is 7.49. The van der Waals surface area contributed by atoms with Crippen LogP contribution in [0, 0.1) is 11.3 Å². The molecule has 1 N–H and O–H groups in total. The number of nitriles is 1. The summed E-state index contributed by atoms with van der Waals surface area (Å²) in [5.74, 6) is 0.914. The summed E-state index contributed by atoms with van der Waals surface area (Å²) in [6.45, 7) is 1.51. The molecule has 1 aromatic carbocycles. The van der Waals surface area contributed by atoms with Gasteiger partial charge in [-0.2, -0.15) is 5.26 Å². The Balaban J connectivity index is 2.06. The van der Waals surface area contributed by atoms with Crippen LogP contribution in [0.5, 0.6) is 17.4 Å². The fraction of sp³-hybridized carbons (Fsp3) is 0.208. The van der Waals surface area contributed by atoms with Gasteiger partial charge in [-0.25, -0.2) is 13.4 Å². The topological polar surface area (TPSA) is 154 Å². The number of hydrogen-bond acceptors (Lipinski definition) is 10. The van der Waals surface area contributed by atoms with Gasteiger partial charge in [-0.1, -0.05) is 6.07 Å². The van der Waals surface area contributed by atoms with Crippen LogP contribution in [0.25, 0.3) is 28.5 Å². The predicted molar refractivity (Wildman–Crippen MR) is 135 cm³/mol. The van der Waals surface area contributed by atoms with Crippen LogP contribution in [0.1, 0.15) is 12.5 Å². The molecule has 0 unspecified atom stereocenters. The van der Waals surface area contributed by atoms with E-state index in [2.05, 4.69) is 24.9 Å². The number of methoxy groups -OCH3 is 3. The molecule has 3 aromatic heterocycles. The molecule has 0 aliphatic heterocycles. The van der Waals surface area contributed by atoms with Gasteiger partial charge in [0.05, 0.1) is 38.3 Å². The molecule has 37 heavy (non-hydrogen) atoms. The Morgan fingerprint density at radius 3 is 2.30 bits per heavy atom. The molecule has 0 spiro atoms. The van der Waals surface area contributed by atoms with Gasteiger partial charge >= 0.3 is 0 Å². The van der Waals surface area contributed by atoms with Crippen LogP contribution in [0.3, 0.4) is 0 Å². The zero-order valence-electron chi connectivity index (χ0n) is 20.5. The highest BCUT2D eigenvalue weighted by atomic mass is 32.2. The average molecular weight is 522 g/mol. The normalized spacial score (nSPS) is 11.0. The zero-order valence-corrected chi connectivity index (χ0v) is 21.3. The summed E-state index contributed by atoms with van der Waals surface area (Å²) in [6, 6.07) is 13.9. The van der Waals surface area contributed by atoms with Gasteiger partial charge in [0.2, 0.25) is 21.9 Å². The summed E-state index contributed by atoms with van der Waals surface area (Å²) < 4.78 is 45.5. The van der Waals surface area contributed by atoms with E-state index in [1.54, 1.807) is 42.5 Å². The monoisotopic (exact) mass is 521 g/mol. The number of pyridine rings is 2. The number of benzene rings is 1. The van der Waals surface area contributed by atoms with Gasteiger partial charge in [-0.3, -0.25) is 14.3 Å². The Labute approximate surface area is 213 Å². The lowest BCUT2D eigenvalue weighted by Crippen LogP contribution is -2.18. The first-order valence-corrected chi connectivity index (χ1v) is 12.6. The molecule has 0 amide bonds. The number of hydrogen-bond donors (Lipinski definition) is 1. The van der Waals surface area contributed by atoms with Crippen molar-refractivity contribution in [1.82, 2.24) is 24.7 Å². The van der Waals surface area contributed by atoms with Crippen molar-refractivity contribution in [3.05, 3.63) is 54.2 Å². The fourth-order valence-corrected chi connectivity index (χ4v) is 4.08. The van der Waals surface area contributed by atoms with E-state index < -0.39 is 10.0 Å². The molecule has 0 atom stereocenters. The second kappa shape index (κ2) is 10.5. The van der Waals surface area contributed by atoms with Crippen molar-refractivity contribution in [3.8, 4) is 51.9 Å². The largest absolute Gasteiger partial charge is 0.494 e. The van der Waals surface area contributed by atoms with E-state index in [9.17, 15) is 8.42 Å². The SMILES string of the molecule is CCS(=O)(=O)Nc1nnc(-c2nc(OC)ccc2-c2ccc(C#N)cn2)n1-c1c(OC)cccc1OC. The number of nitrogens with one attached hydrogen (secondary N) is 1. The third kappa shape index (κ3) is 5.00. The quantitative estimate of drug-likeness (QED) is 0.347. The Hall–Kier alpha value is -4.70. The molecule has 0 aliphatic carbocycles. The molecule has 0 saturated carbocycles. The predicted octanol–water partition coefficient (Wildman–Crippen LogP) is 3.05. The summed E-state index contributed by atoms with van der Waals surface area (Å²) in [7, 11) is 0.696. The smallest absolute Gasteiger partial charge is 0.243 e. The summed E-state index contributed by atoms with van der Waals surface area (Å²) >= 11 is 0. The van der Waals surface area contributed by atoms with Crippen LogP contribution < -0.4 is 18.9 Å². The molecule has 4 aromatic rings. The summed E-state index contributed by atoms with van der Waals surface area (Å²) in [4.78, 5) is 8.99. The lowest BCUT2D eigenvalue weighted by atomic mass is 10.1. The molecule has 0 fully saturated rings. The first-order chi connectivity index (χ1) is 17.8. The Bertz CT molecular complexity index is 1560. The fourth-order valence-electron chi connectivity index (χ4n) is 3.53. The van der Waals surface area contributed by atoms with Gasteiger partial charge < -0.3 is 14.2 Å². The molecule has 0 aliphatic rings. The molecule has 3 heterocycles. The van der Waals surface area contributed by atoms with E-state index in [0.29, 0.717) is 39.7 Å². The molecule has 4 rings (SSSR count). The van der Waals surface area contributed by atoms with Gasteiger partial charge in [0.1, 0.15) is 28.9 Å². The molecule has 190 valence electrons. The molecular formula is C24H23N7O5S. The first-order valence-electron chi connectivity index (χ1n) is 10.9. The van der Waals surface area contributed by atoms with E-state index in [-0.39, 0.29) is 23.4 Å². The van der Waals surface area contributed by atoms with Crippen LogP contribution in [0.2, 0.25) is 0 Å². The second-order valence-corrected chi connectivity index (χ2v) is 9.50. The third-order valence-corrected chi connectivity index (χ3v) is 6.63. The van der Waals surface area contributed by atoms with Crippen molar-refractivity contribution in [2.45, 2.75) is 6.92 Å².